The summed E-state index contributed by atoms with van der Waals surface area (Å²) < 4.78 is 0. The first-order chi connectivity index (χ1) is 10.2. The predicted molar refractivity (Wildman–Crippen MR) is 83.7 cm³/mol. The first kappa shape index (κ1) is 14.7. The molecule has 5 nitrogen and oxygen atoms in total. The molecule has 0 atom stereocenters. The minimum Gasteiger partial charge on any atom is -0.347 e. The number of rotatable bonds is 6. The quantitative estimate of drug-likeness (QED) is 0.799. The zero-order valence-electron chi connectivity index (χ0n) is 12.0. The highest BCUT2D eigenvalue weighted by molar-refractivity contribution is 5.92. The molecule has 21 heavy (non-hydrogen) atoms. The molecule has 0 saturated carbocycles. The van der Waals surface area contributed by atoms with E-state index >= 15 is 0 Å². The molecule has 1 amide bonds. The molecular formula is C16H18N4O. The highest BCUT2D eigenvalue weighted by Crippen LogP contribution is 2.15. The van der Waals surface area contributed by atoms with Crippen LogP contribution < -0.4 is 10.6 Å². The number of hydrogen-bond donors (Lipinski definition) is 2. The average molecular weight is 282 g/mol. The third kappa shape index (κ3) is 4.14. The van der Waals surface area contributed by atoms with Crippen LogP contribution in [0.4, 0.5) is 11.5 Å². The standard InChI is InChI=1S/C16H18N4O/c1-3-11-17-16(21)14-9-10-15(20-19-14)18-13-7-5-12(4-2)6-8-13/h3,5-10H,1,4,11H2,2H3,(H,17,21)(H,18,20). The van der Waals surface area contributed by atoms with E-state index in [9.17, 15) is 4.79 Å². The lowest BCUT2D eigenvalue weighted by Crippen LogP contribution is -2.24. The van der Waals surface area contributed by atoms with Crippen LogP contribution in [0.3, 0.4) is 0 Å². The molecular weight excluding hydrogens is 264 g/mol. The monoisotopic (exact) mass is 282 g/mol. The fourth-order valence-electron chi connectivity index (χ4n) is 1.75. The van der Waals surface area contributed by atoms with E-state index in [1.165, 1.54) is 5.56 Å². The molecule has 108 valence electrons. The van der Waals surface area contributed by atoms with E-state index in [1.54, 1.807) is 18.2 Å². The molecule has 1 aromatic heterocycles. The van der Waals surface area contributed by atoms with E-state index in [2.05, 4.69) is 46.5 Å². The van der Waals surface area contributed by atoms with Gasteiger partial charge in [-0.2, -0.15) is 0 Å². The Morgan fingerprint density at radius 1 is 1.19 bits per heavy atom. The van der Waals surface area contributed by atoms with Crippen LogP contribution in [0.5, 0.6) is 0 Å². The Bertz CT molecular complexity index is 605. The molecule has 1 aromatic carbocycles. The highest BCUT2D eigenvalue weighted by Gasteiger charge is 2.06. The number of carbonyl (C=O) groups excluding carboxylic acids is 1. The van der Waals surface area contributed by atoms with Gasteiger partial charge in [0.25, 0.3) is 5.91 Å². The maximum absolute atomic E-state index is 11.7. The maximum atomic E-state index is 11.7. The van der Waals surface area contributed by atoms with Crippen molar-refractivity contribution >= 4 is 17.4 Å². The molecule has 1 heterocycles. The maximum Gasteiger partial charge on any atom is 0.272 e. The molecule has 2 rings (SSSR count). The second-order valence-electron chi connectivity index (χ2n) is 4.48. The molecule has 0 saturated heterocycles. The summed E-state index contributed by atoms with van der Waals surface area (Å²) in [4.78, 5) is 11.7. The fourth-order valence-corrected chi connectivity index (χ4v) is 1.75. The van der Waals surface area contributed by atoms with Gasteiger partial charge in [-0.15, -0.1) is 16.8 Å². The Hall–Kier alpha value is -2.69. The summed E-state index contributed by atoms with van der Waals surface area (Å²) in [5, 5.41) is 13.7. The van der Waals surface area contributed by atoms with Gasteiger partial charge in [0.15, 0.2) is 11.5 Å². The summed E-state index contributed by atoms with van der Waals surface area (Å²) in [6.07, 6.45) is 2.62. The van der Waals surface area contributed by atoms with Gasteiger partial charge in [0.1, 0.15) is 0 Å². The molecule has 0 spiro atoms. The van der Waals surface area contributed by atoms with Crippen molar-refractivity contribution in [3.05, 3.63) is 60.3 Å². The van der Waals surface area contributed by atoms with Gasteiger partial charge in [-0.25, -0.2) is 0 Å². The van der Waals surface area contributed by atoms with Crippen LogP contribution in [0.1, 0.15) is 23.0 Å². The van der Waals surface area contributed by atoms with Gasteiger partial charge in [0, 0.05) is 12.2 Å². The molecule has 0 aliphatic rings. The number of hydrogen-bond acceptors (Lipinski definition) is 4. The van der Waals surface area contributed by atoms with Crippen molar-refractivity contribution in [3.63, 3.8) is 0 Å². The largest absolute Gasteiger partial charge is 0.347 e. The highest BCUT2D eigenvalue weighted by atomic mass is 16.1. The Labute approximate surface area is 124 Å². The number of carbonyl (C=O) groups is 1. The summed E-state index contributed by atoms with van der Waals surface area (Å²) in [5.41, 5.74) is 2.50. The van der Waals surface area contributed by atoms with Crippen LogP contribution in [0.15, 0.2) is 49.1 Å². The van der Waals surface area contributed by atoms with Crippen LogP contribution >= 0.6 is 0 Å². The molecule has 0 unspecified atom stereocenters. The Kier molecular flexibility index (Phi) is 5.04. The van der Waals surface area contributed by atoms with Gasteiger partial charge in [0.2, 0.25) is 0 Å². The van der Waals surface area contributed by atoms with Gasteiger partial charge in [-0.3, -0.25) is 4.79 Å². The SMILES string of the molecule is C=CCNC(=O)c1ccc(Nc2ccc(CC)cc2)nn1. The van der Waals surface area contributed by atoms with Crippen LogP contribution in [0.25, 0.3) is 0 Å². The van der Waals surface area contributed by atoms with Crippen molar-refractivity contribution in [2.24, 2.45) is 0 Å². The van der Waals surface area contributed by atoms with Crippen molar-refractivity contribution in [1.82, 2.24) is 15.5 Å². The van der Waals surface area contributed by atoms with Crippen molar-refractivity contribution in [2.45, 2.75) is 13.3 Å². The summed E-state index contributed by atoms with van der Waals surface area (Å²) >= 11 is 0. The van der Waals surface area contributed by atoms with E-state index in [4.69, 9.17) is 0 Å². The predicted octanol–water partition coefficient (Wildman–Crippen LogP) is 2.70. The van der Waals surface area contributed by atoms with Crippen LogP contribution in [-0.2, 0) is 6.42 Å². The lowest BCUT2D eigenvalue weighted by Gasteiger charge is -2.06. The fraction of sp³-hybridized carbons (Fsp3) is 0.188. The number of nitrogens with one attached hydrogen (secondary N) is 2. The summed E-state index contributed by atoms with van der Waals surface area (Å²) in [7, 11) is 0. The lowest BCUT2D eigenvalue weighted by molar-refractivity contribution is 0.0952. The van der Waals surface area contributed by atoms with Crippen LogP contribution in [-0.4, -0.2) is 22.6 Å². The van der Waals surface area contributed by atoms with Gasteiger partial charge in [-0.1, -0.05) is 25.1 Å². The van der Waals surface area contributed by atoms with Gasteiger partial charge >= 0.3 is 0 Å². The van der Waals surface area contributed by atoms with E-state index in [0.717, 1.165) is 12.1 Å². The molecule has 5 heteroatoms. The Morgan fingerprint density at radius 3 is 2.52 bits per heavy atom. The number of anilines is 2. The average Bonchev–Trinajstić information content (AvgIpc) is 2.54. The minimum atomic E-state index is -0.263. The number of aryl methyl sites for hydroxylation is 1. The normalized spacial score (nSPS) is 9.95. The minimum absolute atomic E-state index is 0.263. The third-order valence-electron chi connectivity index (χ3n) is 2.94. The smallest absolute Gasteiger partial charge is 0.272 e. The van der Waals surface area contributed by atoms with Gasteiger partial charge < -0.3 is 10.6 Å². The summed E-state index contributed by atoms with van der Waals surface area (Å²) in [5.74, 6) is 0.334. The third-order valence-corrected chi connectivity index (χ3v) is 2.94. The van der Waals surface area contributed by atoms with Crippen LogP contribution in [0, 0.1) is 0 Å². The second kappa shape index (κ2) is 7.19. The van der Waals surface area contributed by atoms with Crippen LogP contribution in [0.2, 0.25) is 0 Å². The number of nitrogens with zero attached hydrogens (tertiary/aromatic N) is 2. The van der Waals surface area contributed by atoms with Gasteiger partial charge in [-0.05, 0) is 36.2 Å². The van der Waals surface area contributed by atoms with E-state index in [0.29, 0.717) is 12.4 Å². The van der Waals surface area contributed by atoms with Crippen molar-refractivity contribution in [2.75, 3.05) is 11.9 Å². The van der Waals surface area contributed by atoms with E-state index < -0.39 is 0 Å². The molecule has 0 bridgehead atoms. The molecule has 0 aliphatic heterocycles. The second-order valence-corrected chi connectivity index (χ2v) is 4.48. The van der Waals surface area contributed by atoms with Crippen molar-refractivity contribution in [3.8, 4) is 0 Å². The number of amides is 1. The Morgan fingerprint density at radius 2 is 1.95 bits per heavy atom. The molecule has 0 aliphatic carbocycles. The van der Waals surface area contributed by atoms with E-state index in [1.807, 2.05) is 12.1 Å². The van der Waals surface area contributed by atoms with E-state index in [-0.39, 0.29) is 11.6 Å². The molecule has 2 N–H and O–H groups in total. The first-order valence-corrected chi connectivity index (χ1v) is 6.81. The molecule has 2 aromatic rings. The summed E-state index contributed by atoms with van der Waals surface area (Å²) in [6, 6.07) is 11.5. The van der Waals surface area contributed by atoms with Crippen molar-refractivity contribution < 1.29 is 4.79 Å². The number of aromatic nitrogens is 2. The molecule has 0 fully saturated rings. The Balaban J connectivity index is 2.01. The lowest BCUT2D eigenvalue weighted by atomic mass is 10.1. The number of benzene rings is 1. The first-order valence-electron chi connectivity index (χ1n) is 6.81. The van der Waals surface area contributed by atoms with Gasteiger partial charge in [0.05, 0.1) is 0 Å². The topological polar surface area (TPSA) is 66.9 Å². The zero-order valence-corrected chi connectivity index (χ0v) is 12.0. The molecule has 0 radical (unpaired) electrons. The van der Waals surface area contributed by atoms with Crippen molar-refractivity contribution in [1.29, 1.82) is 0 Å². The zero-order chi connectivity index (χ0) is 15.1. The summed E-state index contributed by atoms with van der Waals surface area (Å²) in [6.45, 7) is 6.06.